The summed E-state index contributed by atoms with van der Waals surface area (Å²) < 4.78 is 15.2. The third-order valence-electron chi connectivity index (χ3n) is 3.41. The van der Waals surface area contributed by atoms with Gasteiger partial charge in [0.1, 0.15) is 5.58 Å². The van der Waals surface area contributed by atoms with Gasteiger partial charge in [-0.15, -0.1) is 0 Å². The summed E-state index contributed by atoms with van der Waals surface area (Å²) in [5.74, 6) is 0.154. The Kier molecular flexibility index (Phi) is 3.96. The monoisotopic (exact) mass is 290 g/mol. The fraction of sp³-hybridized carbons (Fsp3) is 0.400. The first-order valence-corrected chi connectivity index (χ1v) is 7.10. The molecule has 0 saturated carbocycles. The molecule has 1 fully saturated rings. The number of hydrogen-bond donors (Lipinski definition) is 1. The van der Waals surface area contributed by atoms with Crippen molar-refractivity contribution < 1.29 is 18.7 Å². The molecular formula is C15H18N2O4. The number of carbonyl (C=O) groups excluding carboxylic acids is 1. The summed E-state index contributed by atoms with van der Waals surface area (Å²) in [7, 11) is 0. The van der Waals surface area contributed by atoms with Gasteiger partial charge in [-0.3, -0.25) is 0 Å². The van der Waals surface area contributed by atoms with Crippen LogP contribution in [-0.2, 0) is 4.74 Å². The number of ether oxygens (including phenoxy) is 2. The molecule has 2 aromatic rings. The van der Waals surface area contributed by atoms with E-state index in [4.69, 9.17) is 13.9 Å². The van der Waals surface area contributed by atoms with Gasteiger partial charge in [0.15, 0.2) is 0 Å². The van der Waals surface area contributed by atoms with Gasteiger partial charge in [-0.05, 0) is 25.1 Å². The van der Waals surface area contributed by atoms with E-state index in [9.17, 15) is 4.79 Å². The minimum absolute atomic E-state index is 0.154. The maximum absolute atomic E-state index is 11.3. The van der Waals surface area contributed by atoms with Gasteiger partial charge in [-0.2, -0.15) is 0 Å². The predicted octanol–water partition coefficient (Wildman–Crippen LogP) is 2.38. The van der Waals surface area contributed by atoms with Crippen molar-refractivity contribution in [1.82, 2.24) is 5.32 Å². The highest BCUT2D eigenvalue weighted by Crippen LogP contribution is 2.29. The van der Waals surface area contributed by atoms with Crippen LogP contribution in [0.3, 0.4) is 0 Å². The molecule has 2 heterocycles. The van der Waals surface area contributed by atoms with Gasteiger partial charge >= 0.3 is 6.16 Å². The standard InChI is InChI=1S/C15H18N2O4/c1-2-19-15(18)21-14-10-11-9-12(3-4-13(11)20-14)17-7-5-16-6-8-17/h3-4,9-10,16H,2,5-8H2,1H3. The second-order valence-electron chi connectivity index (χ2n) is 4.81. The summed E-state index contributed by atoms with van der Waals surface area (Å²) in [5.41, 5.74) is 1.83. The lowest BCUT2D eigenvalue weighted by Gasteiger charge is -2.29. The molecule has 1 aliphatic rings. The van der Waals surface area contributed by atoms with E-state index in [1.807, 2.05) is 18.2 Å². The number of fused-ring (bicyclic) bond motifs is 1. The van der Waals surface area contributed by atoms with Crippen LogP contribution in [-0.4, -0.2) is 38.9 Å². The molecule has 1 aliphatic heterocycles. The maximum Gasteiger partial charge on any atom is 0.516 e. The highest BCUT2D eigenvalue weighted by atomic mass is 16.8. The highest BCUT2D eigenvalue weighted by molar-refractivity contribution is 5.83. The number of benzene rings is 1. The van der Waals surface area contributed by atoms with E-state index in [1.165, 1.54) is 0 Å². The van der Waals surface area contributed by atoms with E-state index in [2.05, 4.69) is 10.2 Å². The molecule has 0 radical (unpaired) electrons. The first-order valence-electron chi connectivity index (χ1n) is 7.10. The summed E-state index contributed by atoms with van der Waals surface area (Å²) in [5, 5.41) is 4.24. The predicted molar refractivity (Wildman–Crippen MR) is 78.9 cm³/mol. The highest BCUT2D eigenvalue weighted by Gasteiger charge is 2.14. The lowest BCUT2D eigenvalue weighted by molar-refractivity contribution is 0.0957. The van der Waals surface area contributed by atoms with Gasteiger partial charge in [0.05, 0.1) is 6.61 Å². The fourth-order valence-corrected chi connectivity index (χ4v) is 2.41. The molecule has 0 bridgehead atoms. The molecule has 1 saturated heterocycles. The van der Waals surface area contributed by atoms with Crippen LogP contribution in [0, 0.1) is 0 Å². The van der Waals surface area contributed by atoms with Gasteiger partial charge < -0.3 is 24.1 Å². The van der Waals surface area contributed by atoms with Gasteiger partial charge in [0.2, 0.25) is 0 Å². The second kappa shape index (κ2) is 6.05. The molecule has 0 amide bonds. The number of nitrogens with zero attached hydrogens (tertiary/aromatic N) is 1. The molecular weight excluding hydrogens is 272 g/mol. The van der Waals surface area contributed by atoms with Crippen LogP contribution >= 0.6 is 0 Å². The van der Waals surface area contributed by atoms with Crippen molar-refractivity contribution in [3.63, 3.8) is 0 Å². The van der Waals surface area contributed by atoms with Crippen molar-refractivity contribution in [3.05, 3.63) is 24.3 Å². The maximum atomic E-state index is 11.3. The Bertz CT molecular complexity index is 632. The van der Waals surface area contributed by atoms with Gasteiger partial charge in [-0.1, -0.05) is 0 Å². The third-order valence-corrected chi connectivity index (χ3v) is 3.41. The minimum Gasteiger partial charge on any atom is -0.434 e. The van der Waals surface area contributed by atoms with Crippen LogP contribution in [0.1, 0.15) is 6.92 Å². The fourth-order valence-electron chi connectivity index (χ4n) is 2.41. The van der Waals surface area contributed by atoms with Crippen molar-refractivity contribution in [2.24, 2.45) is 0 Å². The zero-order valence-corrected chi connectivity index (χ0v) is 11.9. The molecule has 0 unspecified atom stereocenters. The largest absolute Gasteiger partial charge is 0.516 e. The first kappa shape index (κ1) is 13.8. The van der Waals surface area contributed by atoms with E-state index in [1.54, 1.807) is 13.0 Å². The number of furan rings is 1. The van der Waals surface area contributed by atoms with Crippen LogP contribution < -0.4 is 15.0 Å². The van der Waals surface area contributed by atoms with E-state index in [-0.39, 0.29) is 12.6 Å². The van der Waals surface area contributed by atoms with Gasteiger partial charge in [0, 0.05) is 43.3 Å². The smallest absolute Gasteiger partial charge is 0.434 e. The second-order valence-corrected chi connectivity index (χ2v) is 4.81. The van der Waals surface area contributed by atoms with E-state index in [0.29, 0.717) is 5.58 Å². The SMILES string of the molecule is CCOC(=O)Oc1cc2cc(N3CCNCC3)ccc2o1. The van der Waals surface area contributed by atoms with Crippen molar-refractivity contribution >= 4 is 22.8 Å². The first-order chi connectivity index (χ1) is 10.3. The number of anilines is 1. The number of piperazine rings is 1. The van der Waals surface area contributed by atoms with Gasteiger partial charge in [-0.25, -0.2) is 4.79 Å². The average molecular weight is 290 g/mol. The molecule has 0 spiro atoms. The average Bonchev–Trinajstić information content (AvgIpc) is 2.89. The van der Waals surface area contributed by atoms with Crippen molar-refractivity contribution in [2.45, 2.75) is 6.92 Å². The Morgan fingerprint density at radius 2 is 2.14 bits per heavy atom. The van der Waals surface area contributed by atoms with Crippen LogP contribution in [0.25, 0.3) is 11.0 Å². The minimum atomic E-state index is -0.751. The number of rotatable bonds is 3. The van der Waals surface area contributed by atoms with Crippen LogP contribution in [0.4, 0.5) is 10.5 Å². The van der Waals surface area contributed by atoms with Crippen molar-refractivity contribution in [2.75, 3.05) is 37.7 Å². The summed E-state index contributed by atoms with van der Waals surface area (Å²) in [6.07, 6.45) is -0.751. The summed E-state index contributed by atoms with van der Waals surface area (Å²) in [4.78, 5) is 13.6. The molecule has 1 aromatic carbocycles. The topological polar surface area (TPSA) is 63.9 Å². The van der Waals surface area contributed by atoms with Crippen LogP contribution in [0.5, 0.6) is 5.95 Å². The quantitative estimate of drug-likeness (QED) is 0.876. The number of nitrogens with one attached hydrogen (secondary N) is 1. The third kappa shape index (κ3) is 3.11. The van der Waals surface area contributed by atoms with E-state index >= 15 is 0 Å². The Hall–Kier alpha value is -2.21. The Morgan fingerprint density at radius 1 is 1.33 bits per heavy atom. The molecule has 0 aliphatic carbocycles. The Balaban J connectivity index is 1.79. The molecule has 6 heteroatoms. The summed E-state index contributed by atoms with van der Waals surface area (Å²) >= 11 is 0. The molecule has 21 heavy (non-hydrogen) atoms. The summed E-state index contributed by atoms with van der Waals surface area (Å²) in [6, 6.07) is 7.66. The molecule has 6 nitrogen and oxygen atoms in total. The lowest BCUT2D eigenvalue weighted by Crippen LogP contribution is -2.43. The Labute approximate surface area is 122 Å². The zero-order valence-electron chi connectivity index (χ0n) is 11.9. The van der Waals surface area contributed by atoms with E-state index in [0.717, 1.165) is 37.3 Å². The summed E-state index contributed by atoms with van der Waals surface area (Å²) in [6.45, 7) is 5.93. The normalized spacial score (nSPS) is 15.2. The zero-order chi connectivity index (χ0) is 14.7. The molecule has 1 aromatic heterocycles. The van der Waals surface area contributed by atoms with Crippen molar-refractivity contribution in [1.29, 1.82) is 0 Å². The number of carbonyl (C=O) groups is 1. The van der Waals surface area contributed by atoms with E-state index < -0.39 is 6.16 Å². The Morgan fingerprint density at radius 3 is 2.90 bits per heavy atom. The van der Waals surface area contributed by atoms with Crippen LogP contribution in [0.2, 0.25) is 0 Å². The van der Waals surface area contributed by atoms with Crippen molar-refractivity contribution in [3.8, 4) is 5.95 Å². The lowest BCUT2D eigenvalue weighted by atomic mass is 10.2. The van der Waals surface area contributed by atoms with Crippen LogP contribution in [0.15, 0.2) is 28.7 Å². The molecule has 112 valence electrons. The molecule has 0 atom stereocenters. The van der Waals surface area contributed by atoms with Gasteiger partial charge in [0.25, 0.3) is 5.95 Å². The molecule has 3 rings (SSSR count). The number of hydrogen-bond acceptors (Lipinski definition) is 6. The molecule has 1 N–H and O–H groups in total.